The van der Waals surface area contributed by atoms with Crippen LogP contribution in [0.4, 0.5) is 0 Å². The van der Waals surface area contributed by atoms with Gasteiger partial charge < -0.3 is 5.11 Å². The smallest absolute Gasteiger partial charge is 0.311 e. The fraction of sp³-hybridized carbons (Fsp3) is 0.846. The molecule has 1 N–H and O–H groups in total. The fourth-order valence-corrected chi connectivity index (χ4v) is 3.01. The van der Waals surface area contributed by atoms with Crippen LogP contribution in [0.3, 0.4) is 0 Å². The Bertz CT molecular complexity index is 473. The van der Waals surface area contributed by atoms with Gasteiger partial charge in [0.15, 0.2) is 5.82 Å². The van der Waals surface area contributed by atoms with E-state index in [0.717, 1.165) is 37.4 Å². The van der Waals surface area contributed by atoms with Gasteiger partial charge in [-0.25, -0.2) is 4.68 Å². The second-order valence-electron chi connectivity index (χ2n) is 6.24. The SMILES string of the molecule is CC1CCC(c2nnnn2CC2(C(=O)O)CC2)CC1. The fourth-order valence-electron chi connectivity index (χ4n) is 3.01. The van der Waals surface area contributed by atoms with Gasteiger partial charge in [-0.05, 0) is 42.0 Å². The summed E-state index contributed by atoms with van der Waals surface area (Å²) in [6, 6.07) is 0. The molecule has 6 heteroatoms. The predicted molar refractivity (Wildman–Crippen MR) is 67.5 cm³/mol. The minimum atomic E-state index is -0.716. The summed E-state index contributed by atoms with van der Waals surface area (Å²) in [5.74, 6) is 1.36. The number of hydrogen-bond donors (Lipinski definition) is 1. The second kappa shape index (κ2) is 4.58. The number of nitrogens with zero attached hydrogens (tertiary/aromatic N) is 4. The zero-order chi connectivity index (χ0) is 13.5. The van der Waals surface area contributed by atoms with Crippen molar-refractivity contribution in [1.82, 2.24) is 20.2 Å². The highest BCUT2D eigenvalue weighted by atomic mass is 16.4. The molecule has 104 valence electrons. The van der Waals surface area contributed by atoms with Crippen molar-refractivity contribution in [1.29, 1.82) is 0 Å². The van der Waals surface area contributed by atoms with E-state index in [1.165, 1.54) is 12.8 Å². The second-order valence-corrected chi connectivity index (χ2v) is 6.24. The van der Waals surface area contributed by atoms with Crippen molar-refractivity contribution in [3.05, 3.63) is 5.82 Å². The van der Waals surface area contributed by atoms with Crippen molar-refractivity contribution >= 4 is 5.97 Å². The van der Waals surface area contributed by atoms with Crippen LogP contribution in [0.2, 0.25) is 0 Å². The standard InChI is InChI=1S/C13H20N4O2/c1-9-2-4-10(5-3-9)11-14-15-16-17(11)8-13(6-7-13)12(18)19/h9-10H,2-8H2,1H3,(H,18,19). The Morgan fingerprint density at radius 1 is 1.37 bits per heavy atom. The van der Waals surface area contributed by atoms with Crippen molar-refractivity contribution in [2.75, 3.05) is 0 Å². The van der Waals surface area contributed by atoms with Crippen LogP contribution in [-0.2, 0) is 11.3 Å². The van der Waals surface area contributed by atoms with Gasteiger partial charge in [-0.1, -0.05) is 19.8 Å². The van der Waals surface area contributed by atoms with Crippen LogP contribution < -0.4 is 0 Å². The first kappa shape index (κ1) is 12.6. The Morgan fingerprint density at radius 2 is 2.05 bits per heavy atom. The van der Waals surface area contributed by atoms with Crippen LogP contribution >= 0.6 is 0 Å². The summed E-state index contributed by atoms with van der Waals surface area (Å²) >= 11 is 0. The number of carboxylic acids is 1. The van der Waals surface area contributed by atoms with Crippen molar-refractivity contribution in [3.63, 3.8) is 0 Å². The first-order chi connectivity index (χ1) is 9.11. The molecule has 1 aromatic heterocycles. The van der Waals surface area contributed by atoms with Crippen LogP contribution in [0.15, 0.2) is 0 Å². The molecule has 0 aromatic carbocycles. The Morgan fingerprint density at radius 3 is 2.63 bits per heavy atom. The normalized spacial score (nSPS) is 29.1. The van der Waals surface area contributed by atoms with Gasteiger partial charge in [0.1, 0.15) is 0 Å². The highest BCUT2D eigenvalue weighted by Gasteiger charge is 2.51. The lowest BCUT2D eigenvalue weighted by Gasteiger charge is -2.25. The summed E-state index contributed by atoms with van der Waals surface area (Å²) < 4.78 is 1.74. The van der Waals surface area contributed by atoms with Crippen molar-refractivity contribution in [2.45, 2.75) is 57.9 Å². The molecule has 0 atom stereocenters. The number of aliphatic carboxylic acids is 1. The van der Waals surface area contributed by atoms with E-state index in [4.69, 9.17) is 0 Å². The van der Waals surface area contributed by atoms with Gasteiger partial charge in [0.2, 0.25) is 0 Å². The van der Waals surface area contributed by atoms with E-state index in [2.05, 4.69) is 22.4 Å². The molecule has 0 radical (unpaired) electrons. The molecule has 0 spiro atoms. The average molecular weight is 264 g/mol. The average Bonchev–Trinajstić information content (AvgIpc) is 3.03. The largest absolute Gasteiger partial charge is 0.481 e. The van der Waals surface area contributed by atoms with E-state index in [0.29, 0.717) is 12.5 Å². The molecule has 0 bridgehead atoms. The van der Waals surface area contributed by atoms with Gasteiger partial charge in [0.05, 0.1) is 12.0 Å². The molecule has 2 aliphatic carbocycles. The van der Waals surface area contributed by atoms with Crippen LogP contribution in [0.25, 0.3) is 0 Å². The molecular formula is C13H20N4O2. The lowest BCUT2D eigenvalue weighted by Crippen LogP contribution is -2.25. The molecule has 3 rings (SSSR count). The van der Waals surface area contributed by atoms with Crippen molar-refractivity contribution < 1.29 is 9.90 Å². The van der Waals surface area contributed by atoms with Gasteiger partial charge in [-0.3, -0.25) is 4.79 Å². The molecule has 6 nitrogen and oxygen atoms in total. The number of carboxylic acid groups (broad SMARTS) is 1. The van der Waals surface area contributed by atoms with Gasteiger partial charge in [-0.15, -0.1) is 5.10 Å². The minimum absolute atomic E-state index is 0.399. The van der Waals surface area contributed by atoms with Gasteiger partial charge >= 0.3 is 5.97 Å². The molecule has 0 unspecified atom stereocenters. The third kappa shape index (κ3) is 2.35. The maximum Gasteiger partial charge on any atom is 0.311 e. The zero-order valence-electron chi connectivity index (χ0n) is 11.2. The summed E-state index contributed by atoms with van der Waals surface area (Å²) in [7, 11) is 0. The van der Waals surface area contributed by atoms with E-state index >= 15 is 0 Å². The third-order valence-corrected chi connectivity index (χ3v) is 4.70. The van der Waals surface area contributed by atoms with Gasteiger partial charge in [0.25, 0.3) is 0 Å². The molecule has 0 saturated heterocycles. The van der Waals surface area contributed by atoms with Crippen LogP contribution in [0, 0.1) is 11.3 Å². The molecule has 2 fully saturated rings. The summed E-state index contributed by atoms with van der Waals surface area (Å²) in [5.41, 5.74) is -0.605. The van der Waals surface area contributed by atoms with E-state index in [9.17, 15) is 9.90 Å². The molecule has 0 aliphatic heterocycles. The predicted octanol–water partition coefficient (Wildman–Crippen LogP) is 1.83. The molecular weight excluding hydrogens is 244 g/mol. The third-order valence-electron chi connectivity index (χ3n) is 4.70. The Kier molecular flexibility index (Phi) is 3.03. The zero-order valence-corrected chi connectivity index (χ0v) is 11.2. The minimum Gasteiger partial charge on any atom is -0.481 e. The first-order valence-electron chi connectivity index (χ1n) is 7.10. The number of rotatable bonds is 4. The molecule has 2 saturated carbocycles. The highest BCUT2D eigenvalue weighted by Crippen LogP contribution is 2.47. The first-order valence-corrected chi connectivity index (χ1v) is 7.10. The summed E-state index contributed by atoms with van der Waals surface area (Å²) in [4.78, 5) is 11.3. The van der Waals surface area contributed by atoms with E-state index < -0.39 is 11.4 Å². The quantitative estimate of drug-likeness (QED) is 0.897. The monoisotopic (exact) mass is 264 g/mol. The topological polar surface area (TPSA) is 80.9 Å². The van der Waals surface area contributed by atoms with Crippen molar-refractivity contribution in [2.24, 2.45) is 11.3 Å². The van der Waals surface area contributed by atoms with Gasteiger partial charge in [-0.2, -0.15) is 0 Å². The lowest BCUT2D eigenvalue weighted by atomic mass is 9.82. The molecule has 0 amide bonds. The summed E-state index contributed by atoms with van der Waals surface area (Å²) in [6.07, 6.45) is 6.12. The number of aromatic nitrogens is 4. The van der Waals surface area contributed by atoms with E-state index in [1.807, 2.05) is 0 Å². The number of carbonyl (C=O) groups is 1. The Balaban J connectivity index is 1.74. The molecule has 19 heavy (non-hydrogen) atoms. The lowest BCUT2D eigenvalue weighted by molar-refractivity contribution is -0.144. The Labute approximate surface area is 112 Å². The number of tetrazole rings is 1. The number of hydrogen-bond acceptors (Lipinski definition) is 4. The van der Waals surface area contributed by atoms with Gasteiger partial charge in [0, 0.05) is 5.92 Å². The van der Waals surface area contributed by atoms with E-state index in [-0.39, 0.29) is 0 Å². The maximum absolute atomic E-state index is 11.3. The Hall–Kier alpha value is -1.46. The maximum atomic E-state index is 11.3. The highest BCUT2D eigenvalue weighted by molar-refractivity contribution is 5.77. The molecule has 2 aliphatic rings. The van der Waals surface area contributed by atoms with E-state index in [1.54, 1.807) is 4.68 Å². The van der Waals surface area contributed by atoms with Crippen LogP contribution in [0.5, 0.6) is 0 Å². The molecule has 1 heterocycles. The molecule has 1 aromatic rings. The van der Waals surface area contributed by atoms with Crippen LogP contribution in [0.1, 0.15) is 57.2 Å². The van der Waals surface area contributed by atoms with Crippen molar-refractivity contribution in [3.8, 4) is 0 Å². The van der Waals surface area contributed by atoms with Crippen LogP contribution in [-0.4, -0.2) is 31.3 Å². The summed E-state index contributed by atoms with van der Waals surface area (Å²) in [5, 5.41) is 21.2. The summed E-state index contributed by atoms with van der Waals surface area (Å²) in [6.45, 7) is 2.71.